The van der Waals surface area contributed by atoms with E-state index in [0.29, 0.717) is 15.0 Å². The maximum absolute atomic E-state index is 6.01. The van der Waals surface area contributed by atoms with Gasteiger partial charge in [-0.05, 0) is 0 Å². The molecule has 2 aromatic carbocycles. The molecule has 0 atom stereocenters. The van der Waals surface area contributed by atoms with Crippen molar-refractivity contribution in [2.24, 2.45) is 4.99 Å². The van der Waals surface area contributed by atoms with Gasteiger partial charge >= 0.3 is 112 Å². The minimum atomic E-state index is 0.465. The van der Waals surface area contributed by atoms with Gasteiger partial charge in [0.15, 0.2) is 0 Å². The first-order valence-electron chi connectivity index (χ1n) is 5.38. The van der Waals surface area contributed by atoms with Crippen LogP contribution in [0.4, 0.5) is 5.69 Å². The Morgan fingerprint density at radius 1 is 1.06 bits per heavy atom. The van der Waals surface area contributed by atoms with Crippen LogP contribution < -0.4 is 4.46 Å². The van der Waals surface area contributed by atoms with E-state index in [2.05, 4.69) is 30.3 Å². The molecule has 1 aliphatic rings. The quantitative estimate of drug-likeness (QED) is 0.717. The molecular formula is C14H10ClNSe. The Balaban J connectivity index is 2.05. The molecule has 84 valence electrons. The van der Waals surface area contributed by atoms with Crippen molar-refractivity contribution >= 4 is 42.4 Å². The van der Waals surface area contributed by atoms with Gasteiger partial charge in [-0.15, -0.1) is 0 Å². The SMILES string of the molecule is Clc1ccc2c(c1)N=C(c1ccccc1)C[Se]2. The van der Waals surface area contributed by atoms with E-state index in [9.17, 15) is 0 Å². The first kappa shape index (κ1) is 11.0. The molecule has 17 heavy (non-hydrogen) atoms. The van der Waals surface area contributed by atoms with Crippen LogP contribution in [0.1, 0.15) is 5.56 Å². The predicted molar refractivity (Wildman–Crippen MR) is 74.3 cm³/mol. The van der Waals surface area contributed by atoms with Gasteiger partial charge < -0.3 is 0 Å². The van der Waals surface area contributed by atoms with Gasteiger partial charge in [-0.25, -0.2) is 0 Å². The number of rotatable bonds is 1. The Kier molecular flexibility index (Phi) is 3.02. The summed E-state index contributed by atoms with van der Waals surface area (Å²) in [4.78, 5) is 4.72. The molecule has 0 fully saturated rings. The van der Waals surface area contributed by atoms with Crippen molar-refractivity contribution in [2.75, 3.05) is 0 Å². The van der Waals surface area contributed by atoms with E-state index in [1.807, 2.05) is 18.2 Å². The molecule has 0 N–H and O–H groups in total. The van der Waals surface area contributed by atoms with Gasteiger partial charge in [0.1, 0.15) is 0 Å². The molecule has 0 aliphatic carbocycles. The summed E-state index contributed by atoms with van der Waals surface area (Å²) < 4.78 is 1.35. The van der Waals surface area contributed by atoms with Crippen molar-refractivity contribution in [3.05, 3.63) is 59.1 Å². The monoisotopic (exact) mass is 307 g/mol. The van der Waals surface area contributed by atoms with E-state index in [0.717, 1.165) is 16.0 Å². The number of hydrogen-bond donors (Lipinski definition) is 0. The van der Waals surface area contributed by atoms with E-state index in [1.165, 1.54) is 15.7 Å². The zero-order valence-corrected chi connectivity index (χ0v) is 11.5. The summed E-state index contributed by atoms with van der Waals surface area (Å²) in [5.41, 5.74) is 3.45. The molecule has 0 amide bonds. The molecule has 0 aromatic heterocycles. The van der Waals surface area contributed by atoms with E-state index in [-0.39, 0.29) is 0 Å². The average Bonchev–Trinajstić information content (AvgIpc) is 2.39. The molecule has 0 spiro atoms. The molecule has 1 aliphatic heterocycles. The number of hydrogen-bond acceptors (Lipinski definition) is 1. The zero-order chi connectivity index (χ0) is 11.7. The fourth-order valence-corrected chi connectivity index (χ4v) is 3.94. The second-order valence-electron chi connectivity index (χ2n) is 3.83. The van der Waals surface area contributed by atoms with Crippen molar-refractivity contribution < 1.29 is 0 Å². The van der Waals surface area contributed by atoms with Crippen molar-refractivity contribution in [1.29, 1.82) is 0 Å². The Hall–Kier alpha value is -1.08. The second-order valence-corrected chi connectivity index (χ2v) is 6.40. The van der Waals surface area contributed by atoms with E-state index in [1.54, 1.807) is 0 Å². The second kappa shape index (κ2) is 4.66. The van der Waals surface area contributed by atoms with Gasteiger partial charge in [-0.3, -0.25) is 0 Å². The Morgan fingerprint density at radius 2 is 1.88 bits per heavy atom. The molecule has 0 radical (unpaired) electrons. The topological polar surface area (TPSA) is 12.4 Å². The first-order valence-corrected chi connectivity index (χ1v) is 7.83. The van der Waals surface area contributed by atoms with Gasteiger partial charge in [0.05, 0.1) is 0 Å². The Labute approximate surface area is 112 Å². The summed E-state index contributed by atoms with van der Waals surface area (Å²) in [5.74, 6) is 0. The number of nitrogens with zero attached hydrogens (tertiary/aromatic N) is 1. The van der Waals surface area contributed by atoms with E-state index >= 15 is 0 Å². The van der Waals surface area contributed by atoms with Gasteiger partial charge in [0, 0.05) is 0 Å². The molecule has 0 saturated carbocycles. The normalized spacial score (nSPS) is 14.1. The fourth-order valence-electron chi connectivity index (χ4n) is 1.80. The number of aliphatic imine (C=N–C) groups is 1. The molecule has 0 bridgehead atoms. The van der Waals surface area contributed by atoms with Crippen molar-refractivity contribution in [3.8, 4) is 0 Å². The molecular weight excluding hydrogens is 297 g/mol. The summed E-state index contributed by atoms with van der Waals surface area (Å²) >= 11 is 6.47. The average molecular weight is 307 g/mol. The van der Waals surface area contributed by atoms with Gasteiger partial charge in [0.2, 0.25) is 0 Å². The van der Waals surface area contributed by atoms with Gasteiger partial charge in [0.25, 0.3) is 0 Å². The number of fused-ring (bicyclic) bond motifs is 1. The van der Waals surface area contributed by atoms with Crippen LogP contribution in [-0.4, -0.2) is 20.7 Å². The third-order valence-corrected chi connectivity index (χ3v) is 5.14. The molecule has 3 rings (SSSR count). The van der Waals surface area contributed by atoms with Crippen LogP contribution >= 0.6 is 11.6 Å². The molecule has 0 unspecified atom stereocenters. The van der Waals surface area contributed by atoms with E-state index in [4.69, 9.17) is 16.6 Å². The van der Waals surface area contributed by atoms with Crippen LogP contribution in [-0.2, 0) is 0 Å². The maximum atomic E-state index is 6.01. The summed E-state index contributed by atoms with van der Waals surface area (Å²) in [5, 5.41) is 1.82. The zero-order valence-electron chi connectivity index (χ0n) is 9.06. The number of benzene rings is 2. The Bertz CT molecular complexity index is 578. The summed E-state index contributed by atoms with van der Waals surface area (Å²) in [6.45, 7) is 0. The summed E-state index contributed by atoms with van der Waals surface area (Å²) in [7, 11) is 0. The fraction of sp³-hybridized carbons (Fsp3) is 0.0714. The third-order valence-electron chi connectivity index (χ3n) is 2.65. The molecule has 0 saturated heterocycles. The third kappa shape index (κ3) is 2.30. The van der Waals surface area contributed by atoms with E-state index < -0.39 is 0 Å². The molecule has 2 aromatic rings. The van der Waals surface area contributed by atoms with Crippen LogP contribution in [0.5, 0.6) is 0 Å². The van der Waals surface area contributed by atoms with Crippen LogP contribution in [0.25, 0.3) is 0 Å². The molecule has 3 heteroatoms. The first-order chi connectivity index (χ1) is 8.33. The van der Waals surface area contributed by atoms with Crippen LogP contribution in [0.15, 0.2) is 53.5 Å². The van der Waals surface area contributed by atoms with Crippen molar-refractivity contribution in [2.45, 2.75) is 5.32 Å². The number of halogens is 1. The minimum absolute atomic E-state index is 0.465. The predicted octanol–water partition coefficient (Wildman–Crippen LogP) is 3.22. The summed E-state index contributed by atoms with van der Waals surface area (Å²) in [6.07, 6.45) is 0. The Morgan fingerprint density at radius 3 is 2.71 bits per heavy atom. The van der Waals surface area contributed by atoms with Crippen molar-refractivity contribution in [1.82, 2.24) is 0 Å². The standard InChI is InChI=1S/C14H10ClNSe/c15-11-6-7-14-12(8-11)16-13(9-17-14)10-4-2-1-3-5-10/h1-8H,9H2. The van der Waals surface area contributed by atoms with Gasteiger partial charge in [-0.1, -0.05) is 0 Å². The van der Waals surface area contributed by atoms with Crippen LogP contribution in [0.3, 0.4) is 0 Å². The van der Waals surface area contributed by atoms with Gasteiger partial charge in [-0.2, -0.15) is 0 Å². The molecule has 1 heterocycles. The summed E-state index contributed by atoms with van der Waals surface area (Å²) in [6, 6.07) is 16.4. The van der Waals surface area contributed by atoms with Crippen molar-refractivity contribution in [3.63, 3.8) is 0 Å². The van der Waals surface area contributed by atoms with Crippen LogP contribution in [0.2, 0.25) is 10.3 Å². The van der Waals surface area contributed by atoms with Crippen LogP contribution in [0, 0.1) is 0 Å². The molecule has 1 nitrogen and oxygen atoms in total.